The maximum atomic E-state index is 4.88. The SMILES string of the molecule is CC1(C)c2ccccc2-c2cc3c(cc21)c1ncccc1n3-c1ccc(-c2cccc3c2sc2ccccc23)cc1. The third kappa shape index (κ3) is 3.10. The molecule has 1 aliphatic carbocycles. The van der Waals surface area contributed by atoms with E-state index >= 15 is 0 Å². The topological polar surface area (TPSA) is 17.8 Å². The number of rotatable bonds is 2. The number of thiophene rings is 1. The molecule has 3 heteroatoms. The molecule has 0 bridgehead atoms. The second kappa shape index (κ2) is 8.15. The van der Waals surface area contributed by atoms with Gasteiger partial charge in [-0.25, -0.2) is 0 Å². The molecule has 0 spiro atoms. The zero-order chi connectivity index (χ0) is 27.3. The lowest BCUT2D eigenvalue weighted by Crippen LogP contribution is -2.14. The Morgan fingerprint density at radius 1 is 0.610 bits per heavy atom. The van der Waals surface area contributed by atoms with Gasteiger partial charge in [-0.1, -0.05) is 86.6 Å². The van der Waals surface area contributed by atoms with Crippen molar-refractivity contribution in [1.82, 2.24) is 9.55 Å². The Kier molecular flexibility index (Phi) is 4.58. The molecule has 0 atom stereocenters. The Hall–Kier alpha value is -4.73. The molecule has 5 aromatic carbocycles. The molecule has 3 heterocycles. The molecule has 0 saturated carbocycles. The van der Waals surface area contributed by atoms with Crippen LogP contribution >= 0.6 is 11.3 Å². The zero-order valence-corrected chi connectivity index (χ0v) is 23.7. The van der Waals surface area contributed by atoms with Crippen LogP contribution in [0.1, 0.15) is 25.0 Å². The summed E-state index contributed by atoms with van der Waals surface area (Å²) in [5.41, 5.74) is 12.5. The zero-order valence-electron chi connectivity index (χ0n) is 22.8. The summed E-state index contributed by atoms with van der Waals surface area (Å²) >= 11 is 1.88. The fourth-order valence-electron chi connectivity index (χ4n) is 7.07. The Bertz CT molecular complexity index is 2330. The van der Waals surface area contributed by atoms with Crippen molar-refractivity contribution in [1.29, 1.82) is 0 Å². The summed E-state index contributed by atoms with van der Waals surface area (Å²) in [7, 11) is 0. The van der Waals surface area contributed by atoms with E-state index in [0.717, 1.165) is 16.7 Å². The van der Waals surface area contributed by atoms with Crippen molar-refractivity contribution < 1.29 is 0 Å². The molecular weight excluding hydrogens is 516 g/mol. The van der Waals surface area contributed by atoms with Crippen LogP contribution in [0.15, 0.2) is 121 Å². The molecule has 194 valence electrons. The Labute approximate surface area is 242 Å². The van der Waals surface area contributed by atoms with Gasteiger partial charge in [0, 0.05) is 42.9 Å². The first-order valence-electron chi connectivity index (χ1n) is 14.1. The highest BCUT2D eigenvalue weighted by Crippen LogP contribution is 2.50. The number of pyridine rings is 1. The molecule has 9 rings (SSSR count). The first-order chi connectivity index (χ1) is 20.1. The number of aromatic nitrogens is 2. The Morgan fingerprint density at radius 3 is 2.29 bits per heavy atom. The summed E-state index contributed by atoms with van der Waals surface area (Å²) in [5, 5.41) is 3.87. The summed E-state index contributed by atoms with van der Waals surface area (Å²) in [5.74, 6) is 0. The van der Waals surface area contributed by atoms with E-state index in [1.165, 1.54) is 64.5 Å². The minimum atomic E-state index is -0.0431. The molecule has 8 aromatic rings. The van der Waals surface area contributed by atoms with Crippen molar-refractivity contribution in [3.63, 3.8) is 0 Å². The summed E-state index contributed by atoms with van der Waals surface area (Å²) in [4.78, 5) is 4.88. The predicted octanol–water partition coefficient (Wildman–Crippen LogP) is 10.5. The van der Waals surface area contributed by atoms with Gasteiger partial charge in [0.25, 0.3) is 0 Å². The van der Waals surface area contributed by atoms with E-state index in [0.29, 0.717) is 0 Å². The van der Waals surface area contributed by atoms with Gasteiger partial charge in [0.15, 0.2) is 0 Å². The van der Waals surface area contributed by atoms with E-state index in [1.54, 1.807) is 0 Å². The van der Waals surface area contributed by atoms with Crippen molar-refractivity contribution >= 4 is 53.4 Å². The highest BCUT2D eigenvalue weighted by atomic mass is 32.1. The molecule has 0 aliphatic heterocycles. The number of benzene rings is 5. The predicted molar refractivity (Wildman–Crippen MR) is 174 cm³/mol. The first-order valence-corrected chi connectivity index (χ1v) is 15.0. The van der Waals surface area contributed by atoms with Crippen LogP contribution in [0, 0.1) is 0 Å². The van der Waals surface area contributed by atoms with Crippen molar-refractivity contribution in [2.24, 2.45) is 0 Å². The van der Waals surface area contributed by atoms with Crippen LogP contribution in [0.5, 0.6) is 0 Å². The molecule has 0 N–H and O–H groups in total. The van der Waals surface area contributed by atoms with Gasteiger partial charge >= 0.3 is 0 Å². The van der Waals surface area contributed by atoms with E-state index in [4.69, 9.17) is 4.98 Å². The highest BCUT2D eigenvalue weighted by Gasteiger charge is 2.36. The number of hydrogen-bond donors (Lipinski definition) is 0. The largest absolute Gasteiger partial charge is 0.308 e. The molecule has 0 fully saturated rings. The van der Waals surface area contributed by atoms with Crippen molar-refractivity contribution in [3.05, 3.63) is 133 Å². The third-order valence-electron chi connectivity index (χ3n) is 9.06. The lowest BCUT2D eigenvalue weighted by molar-refractivity contribution is 0.661. The van der Waals surface area contributed by atoms with Gasteiger partial charge in [0.1, 0.15) is 0 Å². The fraction of sp³-hybridized carbons (Fsp3) is 0.0789. The molecule has 0 radical (unpaired) electrons. The normalized spacial score (nSPS) is 13.8. The minimum absolute atomic E-state index is 0.0431. The number of nitrogens with zero attached hydrogens (tertiary/aromatic N) is 2. The smallest absolute Gasteiger partial charge is 0.0963 e. The monoisotopic (exact) mass is 542 g/mol. The molecule has 1 aliphatic rings. The van der Waals surface area contributed by atoms with Gasteiger partial charge in [-0.15, -0.1) is 11.3 Å². The van der Waals surface area contributed by atoms with Gasteiger partial charge in [-0.3, -0.25) is 4.98 Å². The molecule has 0 amide bonds. The van der Waals surface area contributed by atoms with Crippen LogP contribution < -0.4 is 0 Å². The molecule has 0 unspecified atom stereocenters. The van der Waals surface area contributed by atoms with Crippen LogP contribution in [0.25, 0.3) is 70.0 Å². The molecule has 3 aromatic heterocycles. The van der Waals surface area contributed by atoms with E-state index in [9.17, 15) is 0 Å². The van der Waals surface area contributed by atoms with Gasteiger partial charge in [0.05, 0.1) is 16.6 Å². The summed E-state index contributed by atoms with van der Waals surface area (Å²) in [6.45, 7) is 4.68. The van der Waals surface area contributed by atoms with Crippen LogP contribution in [0.4, 0.5) is 0 Å². The molecule has 2 nitrogen and oxygen atoms in total. The van der Waals surface area contributed by atoms with E-state index in [2.05, 4.69) is 128 Å². The average molecular weight is 543 g/mol. The van der Waals surface area contributed by atoms with Crippen molar-refractivity contribution in [3.8, 4) is 27.9 Å². The average Bonchev–Trinajstić information content (AvgIpc) is 3.63. The summed E-state index contributed by atoms with van der Waals surface area (Å²) in [6.07, 6.45) is 1.91. The van der Waals surface area contributed by atoms with Gasteiger partial charge < -0.3 is 4.57 Å². The van der Waals surface area contributed by atoms with Crippen LogP contribution in [0.2, 0.25) is 0 Å². The minimum Gasteiger partial charge on any atom is -0.308 e. The number of fused-ring (bicyclic) bond motifs is 9. The maximum absolute atomic E-state index is 4.88. The lowest BCUT2D eigenvalue weighted by atomic mass is 9.82. The van der Waals surface area contributed by atoms with Gasteiger partial charge in [-0.2, -0.15) is 0 Å². The highest BCUT2D eigenvalue weighted by molar-refractivity contribution is 7.26. The van der Waals surface area contributed by atoms with Crippen LogP contribution in [-0.2, 0) is 5.41 Å². The molecule has 41 heavy (non-hydrogen) atoms. The van der Waals surface area contributed by atoms with Crippen molar-refractivity contribution in [2.45, 2.75) is 19.3 Å². The van der Waals surface area contributed by atoms with Crippen molar-refractivity contribution in [2.75, 3.05) is 0 Å². The van der Waals surface area contributed by atoms with Gasteiger partial charge in [0.2, 0.25) is 0 Å². The molecular formula is C38H26N2S. The standard InChI is InChI=1S/C38H26N2S/c1-38(2)31-13-5-3-9-26(31)29-22-34-30(21-32(29)38)36-33(14-8-20-39-36)40(34)24-18-16-23(17-19-24)25-11-7-12-28-27-10-4-6-15-35(27)41-37(25)28/h3-22H,1-2H3. The van der Waals surface area contributed by atoms with Crippen LogP contribution in [-0.4, -0.2) is 9.55 Å². The fourth-order valence-corrected chi connectivity index (χ4v) is 8.31. The Balaban J connectivity index is 1.25. The van der Waals surface area contributed by atoms with E-state index < -0.39 is 0 Å². The van der Waals surface area contributed by atoms with E-state index in [-0.39, 0.29) is 5.41 Å². The van der Waals surface area contributed by atoms with Gasteiger partial charge in [-0.05, 0) is 75.8 Å². The quantitative estimate of drug-likeness (QED) is 0.212. The van der Waals surface area contributed by atoms with E-state index in [1.807, 2.05) is 23.6 Å². The Morgan fingerprint density at radius 2 is 1.39 bits per heavy atom. The number of hydrogen-bond acceptors (Lipinski definition) is 2. The first kappa shape index (κ1) is 23.0. The second-order valence-corrected chi connectivity index (χ2v) is 12.7. The third-order valence-corrected chi connectivity index (χ3v) is 10.3. The second-order valence-electron chi connectivity index (χ2n) is 11.6. The van der Waals surface area contributed by atoms with Crippen LogP contribution in [0.3, 0.4) is 0 Å². The molecule has 0 saturated heterocycles. The summed E-state index contributed by atoms with van der Waals surface area (Å²) in [6, 6.07) is 42.3. The lowest BCUT2D eigenvalue weighted by Gasteiger charge is -2.21. The summed E-state index contributed by atoms with van der Waals surface area (Å²) < 4.78 is 5.07. The maximum Gasteiger partial charge on any atom is 0.0963 e.